The molecular weight excluding hydrogens is 176 g/mol. The molecule has 66 valence electrons. The third-order valence-electron chi connectivity index (χ3n) is 1.37. The Morgan fingerprint density at radius 1 is 1.92 bits per heavy atom. The van der Waals surface area contributed by atoms with E-state index >= 15 is 0 Å². The number of aromatic nitrogens is 2. The highest BCUT2D eigenvalue weighted by Crippen LogP contribution is 2.08. The molecule has 5 nitrogen and oxygen atoms in total. The Morgan fingerprint density at radius 2 is 2.67 bits per heavy atom. The van der Waals surface area contributed by atoms with Crippen LogP contribution in [0, 0.1) is 0 Å². The molecule has 0 spiro atoms. The summed E-state index contributed by atoms with van der Waals surface area (Å²) in [6, 6.07) is -0.464. The number of carbonyl (C=O) groups is 1. The average molecular weight is 186 g/mol. The van der Waals surface area contributed by atoms with Crippen molar-refractivity contribution in [3.05, 3.63) is 5.51 Å². The van der Waals surface area contributed by atoms with E-state index in [4.69, 9.17) is 5.73 Å². The summed E-state index contributed by atoms with van der Waals surface area (Å²) in [4.78, 5) is 11.1. The Morgan fingerprint density at radius 3 is 3.17 bits per heavy atom. The molecule has 1 heterocycles. The van der Waals surface area contributed by atoms with Crippen molar-refractivity contribution in [2.75, 3.05) is 5.32 Å². The molecule has 1 rings (SSSR count). The van der Waals surface area contributed by atoms with E-state index in [2.05, 4.69) is 15.5 Å². The van der Waals surface area contributed by atoms with Gasteiger partial charge in [0.2, 0.25) is 11.0 Å². The molecule has 0 aliphatic rings. The van der Waals surface area contributed by atoms with Crippen LogP contribution in [0.3, 0.4) is 0 Å². The first-order valence-electron chi connectivity index (χ1n) is 3.56. The van der Waals surface area contributed by atoms with Crippen LogP contribution in [0.4, 0.5) is 5.13 Å². The maximum absolute atomic E-state index is 11.1. The number of carbonyl (C=O) groups excluding carboxylic acids is 1. The molecule has 0 bridgehead atoms. The van der Waals surface area contributed by atoms with Crippen molar-refractivity contribution in [3.63, 3.8) is 0 Å². The van der Waals surface area contributed by atoms with Crippen LogP contribution in [0.15, 0.2) is 5.51 Å². The summed E-state index contributed by atoms with van der Waals surface area (Å²) >= 11 is 1.27. The molecule has 0 aliphatic carbocycles. The third-order valence-corrected chi connectivity index (χ3v) is 1.97. The quantitative estimate of drug-likeness (QED) is 0.707. The van der Waals surface area contributed by atoms with E-state index in [9.17, 15) is 4.79 Å². The molecule has 1 aromatic heterocycles. The second-order valence-electron chi connectivity index (χ2n) is 2.25. The van der Waals surface area contributed by atoms with Crippen molar-refractivity contribution in [2.24, 2.45) is 5.73 Å². The van der Waals surface area contributed by atoms with E-state index in [1.165, 1.54) is 11.3 Å². The summed E-state index contributed by atoms with van der Waals surface area (Å²) in [6.07, 6.45) is 0.616. The molecule has 1 atom stereocenters. The molecule has 1 amide bonds. The maximum atomic E-state index is 11.1. The van der Waals surface area contributed by atoms with Crippen molar-refractivity contribution in [1.29, 1.82) is 0 Å². The van der Waals surface area contributed by atoms with Crippen molar-refractivity contribution < 1.29 is 4.79 Å². The lowest BCUT2D eigenvalue weighted by atomic mass is 10.2. The van der Waals surface area contributed by atoms with Crippen LogP contribution in [-0.2, 0) is 4.79 Å². The smallest absolute Gasteiger partial charge is 0.243 e. The zero-order valence-electron chi connectivity index (χ0n) is 6.65. The number of anilines is 1. The van der Waals surface area contributed by atoms with Crippen molar-refractivity contribution >= 4 is 22.4 Å². The van der Waals surface area contributed by atoms with Crippen molar-refractivity contribution in [1.82, 2.24) is 10.2 Å². The number of nitrogens with one attached hydrogen (secondary N) is 1. The first kappa shape index (κ1) is 9.08. The average Bonchev–Trinajstić information content (AvgIpc) is 2.55. The largest absolute Gasteiger partial charge is 0.320 e. The number of hydrogen-bond acceptors (Lipinski definition) is 5. The van der Waals surface area contributed by atoms with Crippen molar-refractivity contribution in [3.8, 4) is 0 Å². The lowest BCUT2D eigenvalue weighted by Crippen LogP contribution is -2.34. The molecule has 0 unspecified atom stereocenters. The lowest BCUT2D eigenvalue weighted by Gasteiger charge is -2.06. The molecule has 0 aliphatic heterocycles. The van der Waals surface area contributed by atoms with Crippen LogP contribution >= 0.6 is 11.3 Å². The molecule has 0 aromatic carbocycles. The van der Waals surface area contributed by atoms with Gasteiger partial charge in [0, 0.05) is 0 Å². The van der Waals surface area contributed by atoms with Gasteiger partial charge in [-0.3, -0.25) is 10.1 Å². The minimum absolute atomic E-state index is 0.214. The second kappa shape index (κ2) is 4.13. The van der Waals surface area contributed by atoms with Gasteiger partial charge in [0.1, 0.15) is 5.51 Å². The van der Waals surface area contributed by atoms with Crippen LogP contribution in [0.5, 0.6) is 0 Å². The third kappa shape index (κ3) is 2.24. The Hall–Kier alpha value is -1.01. The molecule has 0 fully saturated rings. The van der Waals surface area contributed by atoms with Gasteiger partial charge in [-0.2, -0.15) is 0 Å². The zero-order chi connectivity index (χ0) is 8.97. The van der Waals surface area contributed by atoms with Gasteiger partial charge in [-0.15, -0.1) is 10.2 Å². The highest BCUT2D eigenvalue weighted by molar-refractivity contribution is 7.13. The summed E-state index contributed by atoms with van der Waals surface area (Å²) in [6.45, 7) is 1.85. The minimum atomic E-state index is -0.464. The maximum Gasteiger partial charge on any atom is 0.243 e. The number of hydrogen-bond donors (Lipinski definition) is 2. The van der Waals surface area contributed by atoms with E-state index in [0.29, 0.717) is 11.6 Å². The zero-order valence-corrected chi connectivity index (χ0v) is 7.47. The van der Waals surface area contributed by atoms with E-state index in [1.807, 2.05) is 6.92 Å². The fraction of sp³-hybridized carbons (Fsp3) is 0.500. The summed E-state index contributed by atoms with van der Waals surface area (Å²) in [5, 5.41) is 10.3. The molecule has 0 saturated heterocycles. The first-order valence-corrected chi connectivity index (χ1v) is 4.44. The van der Waals surface area contributed by atoms with Gasteiger partial charge in [-0.1, -0.05) is 18.3 Å². The van der Waals surface area contributed by atoms with Crippen LogP contribution in [-0.4, -0.2) is 22.1 Å². The van der Waals surface area contributed by atoms with Gasteiger partial charge in [0.05, 0.1) is 6.04 Å². The van der Waals surface area contributed by atoms with Crippen molar-refractivity contribution in [2.45, 2.75) is 19.4 Å². The Bertz CT molecular complexity index is 248. The van der Waals surface area contributed by atoms with Crippen LogP contribution in [0.25, 0.3) is 0 Å². The molecule has 12 heavy (non-hydrogen) atoms. The van der Waals surface area contributed by atoms with E-state index in [-0.39, 0.29) is 5.91 Å². The second-order valence-corrected chi connectivity index (χ2v) is 3.08. The predicted octanol–water partition coefficient (Wildman–Crippen LogP) is 0.214. The first-order chi connectivity index (χ1) is 5.74. The number of nitrogens with zero attached hydrogens (tertiary/aromatic N) is 2. The van der Waals surface area contributed by atoms with Crippen LogP contribution < -0.4 is 11.1 Å². The minimum Gasteiger partial charge on any atom is -0.320 e. The van der Waals surface area contributed by atoms with Gasteiger partial charge in [0.15, 0.2) is 0 Å². The van der Waals surface area contributed by atoms with Gasteiger partial charge >= 0.3 is 0 Å². The molecule has 0 saturated carbocycles. The Balaban J connectivity index is 2.47. The topological polar surface area (TPSA) is 80.9 Å². The van der Waals surface area contributed by atoms with E-state index in [0.717, 1.165) is 0 Å². The van der Waals surface area contributed by atoms with Gasteiger partial charge < -0.3 is 5.73 Å². The van der Waals surface area contributed by atoms with Crippen LogP contribution in [0.2, 0.25) is 0 Å². The summed E-state index contributed by atoms with van der Waals surface area (Å²) < 4.78 is 0. The number of amides is 1. The van der Waals surface area contributed by atoms with Gasteiger partial charge in [-0.25, -0.2) is 0 Å². The molecule has 3 N–H and O–H groups in total. The monoisotopic (exact) mass is 186 g/mol. The highest BCUT2D eigenvalue weighted by Gasteiger charge is 2.11. The Kier molecular flexibility index (Phi) is 3.12. The summed E-state index contributed by atoms with van der Waals surface area (Å²) in [7, 11) is 0. The SMILES string of the molecule is CC[C@@H](N)C(=O)Nc1nncs1. The highest BCUT2D eigenvalue weighted by atomic mass is 32.1. The number of nitrogens with two attached hydrogens (primary N) is 1. The molecule has 1 aromatic rings. The van der Waals surface area contributed by atoms with E-state index < -0.39 is 6.04 Å². The molecular formula is C6H10N4OS. The van der Waals surface area contributed by atoms with Gasteiger partial charge in [-0.05, 0) is 6.42 Å². The standard InChI is InChI=1S/C6H10N4OS/c1-2-4(7)5(11)9-6-10-8-3-12-6/h3-4H,2,7H2,1H3,(H,9,10,11)/t4-/m1/s1. The lowest BCUT2D eigenvalue weighted by molar-refractivity contribution is -0.117. The van der Waals surface area contributed by atoms with Crippen LogP contribution in [0.1, 0.15) is 13.3 Å². The fourth-order valence-corrected chi connectivity index (χ4v) is 1.06. The number of rotatable bonds is 3. The van der Waals surface area contributed by atoms with E-state index in [1.54, 1.807) is 5.51 Å². The summed E-state index contributed by atoms with van der Waals surface area (Å²) in [5.41, 5.74) is 7.03. The predicted molar refractivity (Wildman–Crippen MR) is 46.8 cm³/mol. The summed E-state index contributed by atoms with van der Waals surface area (Å²) in [5.74, 6) is -0.214. The Labute approximate surface area is 74.0 Å². The molecule has 0 radical (unpaired) electrons. The fourth-order valence-electron chi connectivity index (χ4n) is 0.611. The normalized spacial score (nSPS) is 12.5. The molecule has 6 heteroatoms. The van der Waals surface area contributed by atoms with Gasteiger partial charge in [0.25, 0.3) is 0 Å².